The van der Waals surface area contributed by atoms with Crippen molar-refractivity contribution in [2.75, 3.05) is 37.7 Å². The van der Waals surface area contributed by atoms with Gasteiger partial charge in [0.05, 0.1) is 23.7 Å². The van der Waals surface area contributed by atoms with Gasteiger partial charge in [-0.15, -0.1) is 0 Å². The Kier molecular flexibility index (Phi) is 6.32. The van der Waals surface area contributed by atoms with Crippen LogP contribution in [0.2, 0.25) is 0 Å². The van der Waals surface area contributed by atoms with E-state index in [0.717, 1.165) is 17.7 Å². The Balaban J connectivity index is 1.51. The van der Waals surface area contributed by atoms with Crippen LogP contribution in [-0.2, 0) is 30.7 Å². The Bertz CT molecular complexity index is 1140. The molecule has 2 aromatic carbocycles. The highest BCUT2D eigenvalue weighted by molar-refractivity contribution is 7.89. The Morgan fingerprint density at radius 3 is 2.53 bits per heavy atom. The van der Waals surface area contributed by atoms with E-state index in [1.165, 1.54) is 23.4 Å². The van der Waals surface area contributed by atoms with Gasteiger partial charge in [-0.1, -0.05) is 24.3 Å². The Labute approximate surface area is 187 Å². The van der Waals surface area contributed by atoms with Crippen LogP contribution in [0.4, 0.5) is 5.69 Å². The zero-order valence-corrected chi connectivity index (χ0v) is 18.9. The Hall–Kier alpha value is -2.75. The van der Waals surface area contributed by atoms with Crippen molar-refractivity contribution < 1.29 is 27.5 Å². The molecule has 0 radical (unpaired) electrons. The summed E-state index contributed by atoms with van der Waals surface area (Å²) in [6, 6.07) is 12.0. The van der Waals surface area contributed by atoms with Gasteiger partial charge in [-0.05, 0) is 49.6 Å². The van der Waals surface area contributed by atoms with Crippen LogP contribution < -0.4 is 4.90 Å². The first kappa shape index (κ1) is 22.4. The minimum absolute atomic E-state index is 0.0180. The minimum atomic E-state index is -3.76. The third kappa shape index (κ3) is 4.28. The fraction of sp³-hybridized carbons (Fsp3) is 0.391. The van der Waals surface area contributed by atoms with E-state index in [9.17, 15) is 18.0 Å². The molecule has 0 aliphatic carbocycles. The largest absolute Gasteiger partial charge is 0.449 e. The monoisotopic (exact) mass is 458 g/mol. The van der Waals surface area contributed by atoms with Crippen molar-refractivity contribution in [2.24, 2.45) is 0 Å². The van der Waals surface area contributed by atoms with Crippen LogP contribution in [0.15, 0.2) is 47.4 Å². The summed E-state index contributed by atoms with van der Waals surface area (Å²) in [5.74, 6) is -1.03. The first-order chi connectivity index (χ1) is 15.3. The fourth-order valence-electron chi connectivity index (χ4n) is 3.98. The third-order valence-electron chi connectivity index (χ3n) is 5.82. The molecule has 0 bridgehead atoms. The van der Waals surface area contributed by atoms with Gasteiger partial charge in [0.25, 0.3) is 5.91 Å². The lowest BCUT2D eigenvalue weighted by Crippen LogP contribution is -2.40. The molecule has 1 unspecified atom stereocenters. The van der Waals surface area contributed by atoms with Crippen molar-refractivity contribution in [3.05, 3.63) is 59.2 Å². The molecule has 4 rings (SSSR count). The van der Waals surface area contributed by atoms with Gasteiger partial charge in [0.15, 0.2) is 6.10 Å². The molecular weight excluding hydrogens is 432 g/mol. The van der Waals surface area contributed by atoms with Gasteiger partial charge in [-0.3, -0.25) is 4.79 Å². The smallest absolute Gasteiger partial charge is 0.339 e. The van der Waals surface area contributed by atoms with Crippen molar-refractivity contribution in [1.29, 1.82) is 0 Å². The maximum atomic E-state index is 13.0. The number of para-hydroxylation sites is 1. The van der Waals surface area contributed by atoms with Gasteiger partial charge in [0.2, 0.25) is 10.0 Å². The highest BCUT2D eigenvalue weighted by Gasteiger charge is 2.31. The van der Waals surface area contributed by atoms with Gasteiger partial charge < -0.3 is 14.4 Å². The SMILES string of the molecule is Cc1ccc(S(=O)(=O)N2CCOCC2)cc1C(=O)OC(C)C(=O)N1CCc2ccccc21. The molecule has 170 valence electrons. The van der Waals surface area contributed by atoms with Crippen molar-refractivity contribution in [2.45, 2.75) is 31.3 Å². The first-order valence-corrected chi connectivity index (χ1v) is 12.0. The van der Waals surface area contributed by atoms with Crippen LogP contribution in [-0.4, -0.2) is 63.6 Å². The molecule has 0 spiro atoms. The second kappa shape index (κ2) is 9.01. The number of fused-ring (bicyclic) bond motifs is 1. The fourth-order valence-corrected chi connectivity index (χ4v) is 5.41. The molecule has 2 heterocycles. The minimum Gasteiger partial charge on any atom is -0.449 e. The van der Waals surface area contributed by atoms with Crippen molar-refractivity contribution in [1.82, 2.24) is 4.31 Å². The van der Waals surface area contributed by atoms with E-state index in [-0.39, 0.29) is 29.5 Å². The maximum Gasteiger partial charge on any atom is 0.339 e. The van der Waals surface area contributed by atoms with E-state index < -0.39 is 22.1 Å². The zero-order valence-electron chi connectivity index (χ0n) is 18.1. The number of rotatable bonds is 5. The highest BCUT2D eigenvalue weighted by Crippen LogP contribution is 2.28. The van der Waals surface area contributed by atoms with E-state index in [0.29, 0.717) is 25.3 Å². The molecule has 2 aliphatic rings. The number of ether oxygens (including phenoxy) is 2. The molecular formula is C23H26N2O6S. The molecule has 1 amide bonds. The molecule has 2 aromatic rings. The lowest BCUT2D eigenvalue weighted by Gasteiger charge is -2.26. The van der Waals surface area contributed by atoms with Crippen LogP contribution >= 0.6 is 0 Å². The van der Waals surface area contributed by atoms with Crippen molar-refractivity contribution >= 4 is 27.6 Å². The number of esters is 1. The summed E-state index contributed by atoms with van der Waals surface area (Å²) in [6.45, 7) is 4.96. The van der Waals surface area contributed by atoms with Crippen LogP contribution in [0.1, 0.15) is 28.4 Å². The van der Waals surface area contributed by atoms with Gasteiger partial charge >= 0.3 is 5.97 Å². The number of amides is 1. The molecule has 0 aromatic heterocycles. The summed E-state index contributed by atoms with van der Waals surface area (Å²) in [4.78, 5) is 27.4. The highest BCUT2D eigenvalue weighted by atomic mass is 32.2. The summed E-state index contributed by atoms with van der Waals surface area (Å²) in [6.07, 6.45) is -0.254. The van der Waals surface area contributed by atoms with E-state index in [1.807, 2.05) is 24.3 Å². The van der Waals surface area contributed by atoms with Crippen molar-refractivity contribution in [3.63, 3.8) is 0 Å². The maximum absolute atomic E-state index is 13.0. The second-order valence-electron chi connectivity index (χ2n) is 7.91. The number of anilines is 1. The molecule has 0 N–H and O–H groups in total. The Morgan fingerprint density at radius 1 is 1.06 bits per heavy atom. The van der Waals surface area contributed by atoms with Crippen LogP contribution in [0.5, 0.6) is 0 Å². The van der Waals surface area contributed by atoms with Gasteiger partial charge in [0.1, 0.15) is 0 Å². The normalized spacial score (nSPS) is 17.6. The summed E-state index contributed by atoms with van der Waals surface area (Å²) >= 11 is 0. The predicted molar refractivity (Wildman–Crippen MR) is 118 cm³/mol. The molecule has 1 saturated heterocycles. The molecule has 8 nitrogen and oxygen atoms in total. The van der Waals surface area contributed by atoms with Crippen LogP contribution in [0.25, 0.3) is 0 Å². The zero-order chi connectivity index (χ0) is 22.9. The number of morpholine rings is 1. The van der Waals surface area contributed by atoms with Gasteiger partial charge in [-0.2, -0.15) is 4.31 Å². The lowest BCUT2D eigenvalue weighted by atomic mass is 10.1. The quantitative estimate of drug-likeness (QED) is 0.638. The van der Waals surface area contributed by atoms with Gasteiger partial charge in [0, 0.05) is 25.3 Å². The summed E-state index contributed by atoms with van der Waals surface area (Å²) in [7, 11) is -3.76. The van der Waals surface area contributed by atoms with E-state index >= 15 is 0 Å². The average Bonchev–Trinajstić information content (AvgIpc) is 3.23. The molecule has 9 heteroatoms. The van der Waals surface area contributed by atoms with E-state index in [4.69, 9.17) is 9.47 Å². The molecule has 1 fully saturated rings. The Morgan fingerprint density at radius 2 is 1.78 bits per heavy atom. The number of sulfonamides is 1. The molecule has 1 atom stereocenters. The molecule has 2 aliphatic heterocycles. The average molecular weight is 459 g/mol. The standard InChI is InChI=1S/C23H26N2O6S/c1-16-7-8-19(32(28,29)24-11-13-30-14-12-24)15-20(16)23(27)31-17(2)22(26)25-10-9-18-5-3-4-6-21(18)25/h3-8,15,17H,9-14H2,1-2H3. The number of nitrogens with zero attached hydrogens (tertiary/aromatic N) is 2. The number of benzene rings is 2. The number of carbonyl (C=O) groups is 2. The second-order valence-corrected chi connectivity index (χ2v) is 9.85. The summed E-state index contributed by atoms with van der Waals surface area (Å²) in [5.41, 5.74) is 2.61. The number of aryl methyl sites for hydroxylation is 1. The number of hydrogen-bond acceptors (Lipinski definition) is 6. The third-order valence-corrected chi connectivity index (χ3v) is 7.72. The van der Waals surface area contributed by atoms with E-state index in [2.05, 4.69) is 0 Å². The van der Waals surface area contributed by atoms with E-state index in [1.54, 1.807) is 17.9 Å². The number of carbonyl (C=O) groups excluding carboxylic acids is 2. The molecule has 32 heavy (non-hydrogen) atoms. The lowest BCUT2D eigenvalue weighted by molar-refractivity contribution is -0.126. The first-order valence-electron chi connectivity index (χ1n) is 10.6. The predicted octanol–water partition coefficient (Wildman–Crippen LogP) is 2.15. The summed E-state index contributed by atoms with van der Waals surface area (Å²) in [5, 5.41) is 0. The van der Waals surface area contributed by atoms with Crippen LogP contribution in [0, 0.1) is 6.92 Å². The number of hydrogen-bond donors (Lipinski definition) is 0. The van der Waals surface area contributed by atoms with Crippen molar-refractivity contribution in [3.8, 4) is 0 Å². The van der Waals surface area contributed by atoms with Crippen LogP contribution in [0.3, 0.4) is 0 Å². The summed E-state index contributed by atoms with van der Waals surface area (Å²) < 4.78 is 37.9. The van der Waals surface area contributed by atoms with Gasteiger partial charge in [-0.25, -0.2) is 13.2 Å². The molecule has 0 saturated carbocycles. The topological polar surface area (TPSA) is 93.2 Å².